The van der Waals surface area contributed by atoms with Crippen LogP contribution in [0, 0.1) is 26.6 Å². The molecule has 2 aromatic carbocycles. The number of anilines is 1. The molecule has 0 fully saturated rings. The van der Waals surface area contributed by atoms with Crippen molar-refractivity contribution in [1.82, 2.24) is 0 Å². The van der Waals surface area contributed by atoms with Crippen LogP contribution in [0.15, 0.2) is 35.4 Å². The van der Waals surface area contributed by atoms with Crippen molar-refractivity contribution in [1.29, 1.82) is 0 Å². The van der Waals surface area contributed by atoms with Gasteiger partial charge in [0.15, 0.2) is 0 Å². The highest BCUT2D eigenvalue weighted by molar-refractivity contribution is 6.31. The van der Waals surface area contributed by atoms with Crippen molar-refractivity contribution in [2.45, 2.75) is 34.2 Å². The fraction of sp³-hybridized carbons (Fsp3) is 0.263. The second kappa shape index (κ2) is 6.97. The van der Waals surface area contributed by atoms with Crippen LogP contribution in [0.2, 0.25) is 0 Å². The first-order valence-corrected chi connectivity index (χ1v) is 7.68. The maximum Gasteiger partial charge on any atom is 0.123 e. The van der Waals surface area contributed by atoms with Crippen LogP contribution in [-0.4, -0.2) is 0 Å². The molecule has 0 heterocycles. The zero-order chi connectivity index (χ0) is 16.3. The Balaban J connectivity index is 2.28. The highest BCUT2D eigenvalue weighted by Crippen LogP contribution is 2.24. The molecule has 2 rings (SSSR count). The van der Waals surface area contributed by atoms with E-state index in [1.807, 2.05) is 0 Å². The van der Waals surface area contributed by atoms with Gasteiger partial charge in [0.25, 0.3) is 0 Å². The first-order valence-electron chi connectivity index (χ1n) is 7.31. The van der Waals surface area contributed by atoms with Gasteiger partial charge < -0.3 is 5.32 Å². The second-order valence-corrected chi connectivity index (χ2v) is 6.30. The minimum Gasteiger partial charge on any atom is -0.381 e. The molecule has 0 spiro atoms. The van der Waals surface area contributed by atoms with Gasteiger partial charge in [-0.25, -0.2) is 4.39 Å². The lowest BCUT2D eigenvalue weighted by molar-refractivity contribution is 0.626. The minimum absolute atomic E-state index is 0.254. The molecule has 2 aromatic rings. The highest BCUT2D eigenvalue weighted by Gasteiger charge is 2.06. The van der Waals surface area contributed by atoms with Crippen molar-refractivity contribution < 1.29 is 4.39 Å². The maximum absolute atomic E-state index is 13.4. The number of aryl methyl sites for hydroxylation is 3. The molecule has 116 valence electrons. The predicted molar refractivity (Wildman–Crippen MR) is 93.9 cm³/mol. The summed E-state index contributed by atoms with van der Waals surface area (Å²) in [7, 11) is 0. The molecule has 0 aromatic heterocycles. The van der Waals surface area contributed by atoms with Gasteiger partial charge in [-0.15, -0.1) is 0 Å². The van der Waals surface area contributed by atoms with Crippen LogP contribution in [-0.2, 0) is 6.54 Å². The normalized spacial score (nSPS) is 11.6. The molecule has 1 nitrogen and oxygen atoms in total. The molecule has 0 aliphatic heterocycles. The van der Waals surface area contributed by atoms with Gasteiger partial charge in [-0.3, -0.25) is 0 Å². The van der Waals surface area contributed by atoms with E-state index in [4.69, 9.17) is 11.6 Å². The molecule has 0 atom stereocenters. The molecular weight excluding hydrogens is 297 g/mol. The van der Waals surface area contributed by atoms with Crippen LogP contribution in [0.5, 0.6) is 0 Å². The lowest BCUT2D eigenvalue weighted by Crippen LogP contribution is -2.05. The molecule has 3 heteroatoms. The summed E-state index contributed by atoms with van der Waals surface area (Å²) in [5.41, 5.74) is 6.63. The molecule has 0 aliphatic carbocycles. The Bertz CT molecular complexity index is 692. The third-order valence-corrected chi connectivity index (χ3v) is 3.70. The van der Waals surface area contributed by atoms with Crippen molar-refractivity contribution in [3.63, 3.8) is 0 Å². The average Bonchev–Trinajstić information content (AvgIpc) is 2.39. The van der Waals surface area contributed by atoms with E-state index in [1.165, 1.54) is 28.8 Å². The van der Waals surface area contributed by atoms with Gasteiger partial charge in [-0.2, -0.15) is 0 Å². The Morgan fingerprint density at radius 3 is 2.36 bits per heavy atom. The first kappa shape index (κ1) is 16.6. The molecule has 0 aliphatic rings. The molecular formula is C19H21ClFN. The summed E-state index contributed by atoms with van der Waals surface area (Å²) < 4.78 is 13.4. The van der Waals surface area contributed by atoms with E-state index in [1.54, 1.807) is 19.1 Å². The van der Waals surface area contributed by atoms with Crippen molar-refractivity contribution in [2.75, 3.05) is 5.32 Å². The summed E-state index contributed by atoms with van der Waals surface area (Å²) in [6.45, 7) is 8.70. The number of hydrogen-bond acceptors (Lipinski definition) is 1. The molecule has 1 N–H and O–H groups in total. The van der Waals surface area contributed by atoms with Crippen molar-refractivity contribution >= 4 is 23.4 Å². The summed E-state index contributed by atoms with van der Waals surface area (Å²) in [6.07, 6.45) is 1.79. The van der Waals surface area contributed by atoms with Gasteiger partial charge in [0.1, 0.15) is 5.82 Å². The Hall–Kier alpha value is -1.80. The smallest absolute Gasteiger partial charge is 0.123 e. The van der Waals surface area contributed by atoms with E-state index in [0.29, 0.717) is 11.6 Å². The number of allylic oxidation sites excluding steroid dienone is 1. The van der Waals surface area contributed by atoms with Gasteiger partial charge >= 0.3 is 0 Å². The fourth-order valence-corrected chi connectivity index (χ4v) is 2.84. The summed E-state index contributed by atoms with van der Waals surface area (Å²) in [5.74, 6) is -0.254. The van der Waals surface area contributed by atoms with Crippen molar-refractivity contribution in [2.24, 2.45) is 0 Å². The summed E-state index contributed by atoms with van der Waals surface area (Å²) >= 11 is 5.94. The lowest BCUT2D eigenvalue weighted by Gasteiger charge is -2.15. The number of nitrogens with one attached hydrogen (secondary N) is 1. The monoisotopic (exact) mass is 317 g/mol. The number of hydrogen-bond donors (Lipinski definition) is 1. The van der Waals surface area contributed by atoms with E-state index < -0.39 is 0 Å². The van der Waals surface area contributed by atoms with E-state index in [9.17, 15) is 4.39 Å². The number of rotatable bonds is 4. The molecule has 22 heavy (non-hydrogen) atoms. The predicted octanol–water partition coefficient (Wildman–Crippen LogP) is 5.96. The van der Waals surface area contributed by atoms with Crippen LogP contribution in [0.25, 0.3) is 6.08 Å². The summed E-state index contributed by atoms with van der Waals surface area (Å²) in [6, 6.07) is 9.10. The van der Waals surface area contributed by atoms with Gasteiger partial charge in [0.2, 0.25) is 0 Å². The quantitative estimate of drug-likeness (QED) is 0.733. The van der Waals surface area contributed by atoms with E-state index in [-0.39, 0.29) is 5.82 Å². The first-order chi connectivity index (χ1) is 10.4. The Morgan fingerprint density at radius 2 is 1.77 bits per heavy atom. The van der Waals surface area contributed by atoms with Crippen LogP contribution in [0.1, 0.15) is 34.7 Å². The topological polar surface area (TPSA) is 12.0 Å². The summed E-state index contributed by atoms with van der Waals surface area (Å²) in [4.78, 5) is 0. The van der Waals surface area contributed by atoms with Gasteiger partial charge in [-0.1, -0.05) is 35.4 Å². The Morgan fingerprint density at radius 1 is 1.14 bits per heavy atom. The zero-order valence-corrected chi connectivity index (χ0v) is 14.2. The molecule has 0 saturated carbocycles. The largest absolute Gasteiger partial charge is 0.381 e. The maximum atomic E-state index is 13.4. The van der Waals surface area contributed by atoms with E-state index in [0.717, 1.165) is 16.8 Å². The van der Waals surface area contributed by atoms with Gasteiger partial charge in [-0.05, 0) is 68.2 Å². The Labute approximate surface area is 136 Å². The van der Waals surface area contributed by atoms with Crippen LogP contribution < -0.4 is 5.32 Å². The van der Waals surface area contributed by atoms with E-state index >= 15 is 0 Å². The molecule has 0 saturated heterocycles. The third kappa shape index (κ3) is 4.11. The molecule has 0 unspecified atom stereocenters. The third-order valence-electron chi connectivity index (χ3n) is 3.59. The number of halogens is 2. The molecule has 0 bridgehead atoms. The summed E-state index contributed by atoms with van der Waals surface area (Å²) in [5, 5.41) is 4.10. The molecule has 0 amide bonds. The van der Waals surface area contributed by atoms with Crippen LogP contribution in [0.4, 0.5) is 10.1 Å². The van der Waals surface area contributed by atoms with Crippen LogP contribution in [0.3, 0.4) is 0 Å². The van der Waals surface area contributed by atoms with Gasteiger partial charge in [0, 0.05) is 17.3 Å². The number of benzene rings is 2. The molecule has 0 radical (unpaired) electrons. The van der Waals surface area contributed by atoms with Gasteiger partial charge in [0.05, 0.1) is 0 Å². The SMILES string of the molecule is C/C(Cl)=C/c1cc(F)ccc1CNc1c(C)cc(C)cc1C. The highest BCUT2D eigenvalue weighted by atomic mass is 35.5. The average molecular weight is 318 g/mol. The van der Waals surface area contributed by atoms with Crippen molar-refractivity contribution in [3.05, 3.63) is 69.0 Å². The standard InChI is InChI=1S/C19H21ClFN/c1-12-7-13(2)19(14(3)8-12)22-11-16-5-6-18(21)10-17(16)9-15(4)20/h5-10,22H,11H2,1-4H3/b15-9-. The van der Waals surface area contributed by atoms with Crippen LogP contribution >= 0.6 is 11.6 Å². The lowest BCUT2D eigenvalue weighted by atomic mass is 10.0. The van der Waals surface area contributed by atoms with Crippen molar-refractivity contribution in [3.8, 4) is 0 Å². The minimum atomic E-state index is -0.254. The fourth-order valence-electron chi connectivity index (χ4n) is 2.72. The van der Waals surface area contributed by atoms with E-state index in [2.05, 4.69) is 38.2 Å². The second-order valence-electron chi connectivity index (χ2n) is 5.70. The Kier molecular flexibility index (Phi) is 5.25. The zero-order valence-electron chi connectivity index (χ0n) is 13.4.